The van der Waals surface area contributed by atoms with Gasteiger partial charge < -0.3 is 14.8 Å². The summed E-state index contributed by atoms with van der Waals surface area (Å²) in [4.78, 5) is 29.2. The number of benzene rings is 1. The summed E-state index contributed by atoms with van der Waals surface area (Å²) in [5.41, 5.74) is 2.48. The highest BCUT2D eigenvalue weighted by atomic mass is 19.1. The number of hydrogen-bond donors (Lipinski definition) is 1. The molecule has 1 aromatic heterocycles. The van der Waals surface area contributed by atoms with Crippen LogP contribution in [0.1, 0.15) is 45.2 Å². The first-order valence-electron chi connectivity index (χ1n) is 13.0. The Morgan fingerprint density at radius 1 is 1.22 bits per heavy atom. The summed E-state index contributed by atoms with van der Waals surface area (Å²) in [6.45, 7) is 4.15. The number of allylic oxidation sites excluding steroid dienone is 1. The van der Waals surface area contributed by atoms with E-state index in [1.54, 1.807) is 19.2 Å². The molecule has 6 nitrogen and oxygen atoms in total. The molecule has 5 rings (SSSR count). The van der Waals surface area contributed by atoms with E-state index in [1.807, 2.05) is 31.2 Å². The van der Waals surface area contributed by atoms with Crippen LogP contribution < -0.4 is 5.32 Å². The van der Waals surface area contributed by atoms with E-state index < -0.39 is 0 Å². The lowest BCUT2D eigenvalue weighted by molar-refractivity contribution is -0.144. The van der Waals surface area contributed by atoms with Crippen molar-refractivity contribution in [3.8, 4) is 11.1 Å². The number of carbonyl (C=O) groups is 2. The Morgan fingerprint density at radius 2 is 2.08 bits per heavy atom. The number of esters is 1. The second-order valence-electron chi connectivity index (χ2n) is 10.3. The summed E-state index contributed by atoms with van der Waals surface area (Å²) >= 11 is 0. The van der Waals surface area contributed by atoms with E-state index in [4.69, 9.17) is 9.47 Å². The molecular formula is C29H33FN2O4. The standard InChI is InChI=1S/C29H33FN2O4/c1-3-35-29(34)32-23-10-11-24-20(14-23)15-26-27(17(2)36-28(26)33)25(24)12-9-22-8-7-19(16-31-22)18-5-4-6-21(30)13-18/h4-9,12-13,16-17,20,23-27H,3,10-11,14-15H2,1-2H3,(H,32,34)/t17-,20-,23+,24+,25+,26+,27+/m1/s1. The molecule has 2 aromatic rings. The first-order valence-corrected chi connectivity index (χ1v) is 13.0. The molecule has 2 aliphatic carbocycles. The molecule has 1 aliphatic heterocycles. The average molecular weight is 493 g/mol. The van der Waals surface area contributed by atoms with Crippen LogP contribution in [0.5, 0.6) is 0 Å². The molecule has 2 saturated carbocycles. The van der Waals surface area contributed by atoms with Crippen LogP contribution in [0.4, 0.5) is 9.18 Å². The van der Waals surface area contributed by atoms with Gasteiger partial charge in [0.15, 0.2) is 0 Å². The molecule has 1 saturated heterocycles. The maximum Gasteiger partial charge on any atom is 0.407 e. The molecular weight excluding hydrogens is 459 g/mol. The van der Waals surface area contributed by atoms with Crippen LogP contribution in [0.25, 0.3) is 17.2 Å². The molecule has 0 unspecified atom stereocenters. The van der Waals surface area contributed by atoms with E-state index in [1.165, 1.54) is 12.1 Å². The van der Waals surface area contributed by atoms with Gasteiger partial charge in [-0.25, -0.2) is 9.18 Å². The number of ether oxygens (including phenoxy) is 2. The molecule has 0 radical (unpaired) electrons. The van der Waals surface area contributed by atoms with Gasteiger partial charge in [-0.2, -0.15) is 0 Å². The number of amides is 1. The molecule has 7 heteroatoms. The summed E-state index contributed by atoms with van der Waals surface area (Å²) in [5.74, 6) is 0.629. The number of nitrogens with zero attached hydrogens (tertiary/aromatic N) is 1. The van der Waals surface area contributed by atoms with Gasteiger partial charge in [0.25, 0.3) is 0 Å². The number of hydrogen-bond acceptors (Lipinski definition) is 5. The Morgan fingerprint density at radius 3 is 2.83 bits per heavy atom. The lowest BCUT2D eigenvalue weighted by Gasteiger charge is -2.47. The van der Waals surface area contributed by atoms with Crippen LogP contribution in [0.2, 0.25) is 0 Å². The van der Waals surface area contributed by atoms with Gasteiger partial charge in [0.2, 0.25) is 0 Å². The van der Waals surface area contributed by atoms with E-state index in [0.29, 0.717) is 18.4 Å². The normalized spacial score (nSPS) is 31.4. The third kappa shape index (κ3) is 5.01. The first-order chi connectivity index (χ1) is 17.4. The Labute approximate surface area is 211 Å². The fourth-order valence-electron chi connectivity index (χ4n) is 6.64. The molecule has 1 amide bonds. The Bertz CT molecular complexity index is 1130. The zero-order chi connectivity index (χ0) is 25.2. The lowest BCUT2D eigenvalue weighted by atomic mass is 9.57. The number of carbonyl (C=O) groups excluding carboxylic acids is 2. The van der Waals surface area contributed by atoms with Crippen molar-refractivity contribution in [2.75, 3.05) is 6.61 Å². The van der Waals surface area contributed by atoms with Crippen molar-refractivity contribution in [1.82, 2.24) is 10.3 Å². The van der Waals surface area contributed by atoms with Gasteiger partial charge in [-0.15, -0.1) is 0 Å². The Hall–Kier alpha value is -3.22. The minimum Gasteiger partial charge on any atom is -0.462 e. The third-order valence-electron chi connectivity index (χ3n) is 8.18. The van der Waals surface area contributed by atoms with Crippen LogP contribution in [0, 0.1) is 35.4 Å². The maximum absolute atomic E-state index is 13.6. The highest BCUT2D eigenvalue weighted by Crippen LogP contribution is 2.53. The first kappa shape index (κ1) is 24.5. The summed E-state index contributed by atoms with van der Waals surface area (Å²) < 4.78 is 24.3. The molecule has 3 fully saturated rings. The summed E-state index contributed by atoms with van der Waals surface area (Å²) in [7, 11) is 0. The van der Waals surface area contributed by atoms with E-state index in [9.17, 15) is 14.0 Å². The van der Waals surface area contributed by atoms with Crippen LogP contribution in [-0.4, -0.2) is 35.8 Å². The minimum absolute atomic E-state index is 0.0679. The van der Waals surface area contributed by atoms with Crippen LogP contribution in [0.3, 0.4) is 0 Å². The van der Waals surface area contributed by atoms with Crippen molar-refractivity contribution >= 4 is 18.1 Å². The number of pyridine rings is 1. The van der Waals surface area contributed by atoms with Crippen LogP contribution in [-0.2, 0) is 14.3 Å². The number of alkyl carbamates (subject to hydrolysis) is 1. The molecule has 0 bridgehead atoms. The second kappa shape index (κ2) is 10.4. The number of rotatable bonds is 5. The topological polar surface area (TPSA) is 77.5 Å². The zero-order valence-corrected chi connectivity index (χ0v) is 20.7. The van der Waals surface area contributed by atoms with Gasteiger partial charge in [0.1, 0.15) is 11.9 Å². The monoisotopic (exact) mass is 492 g/mol. The highest BCUT2D eigenvalue weighted by Gasteiger charge is 2.54. The van der Waals surface area contributed by atoms with Crippen molar-refractivity contribution < 1.29 is 23.5 Å². The summed E-state index contributed by atoms with van der Waals surface area (Å²) in [6.07, 6.45) is 9.07. The maximum atomic E-state index is 13.6. The molecule has 3 aliphatic rings. The quantitative estimate of drug-likeness (QED) is 0.548. The number of nitrogens with one attached hydrogen (secondary N) is 1. The van der Waals surface area contributed by atoms with Gasteiger partial charge in [0.05, 0.1) is 18.2 Å². The average Bonchev–Trinajstić information content (AvgIpc) is 3.15. The van der Waals surface area contributed by atoms with Crippen LogP contribution >= 0.6 is 0 Å². The second-order valence-corrected chi connectivity index (χ2v) is 10.3. The Kier molecular flexibility index (Phi) is 7.08. The number of fused-ring (bicyclic) bond motifs is 2. The highest BCUT2D eigenvalue weighted by molar-refractivity contribution is 5.75. The van der Waals surface area contributed by atoms with Gasteiger partial charge in [-0.1, -0.05) is 24.3 Å². The van der Waals surface area contributed by atoms with Gasteiger partial charge in [0, 0.05) is 23.7 Å². The predicted molar refractivity (Wildman–Crippen MR) is 134 cm³/mol. The summed E-state index contributed by atoms with van der Waals surface area (Å²) in [5, 5.41) is 3.00. The van der Waals surface area contributed by atoms with E-state index in [-0.39, 0.29) is 47.8 Å². The number of halogens is 1. The van der Waals surface area contributed by atoms with Crippen molar-refractivity contribution in [3.05, 3.63) is 60.2 Å². The Balaban J connectivity index is 1.34. The summed E-state index contributed by atoms with van der Waals surface area (Å²) in [6, 6.07) is 10.4. The SMILES string of the molecule is CCOC(=O)N[C@H]1CC[C@H]2[C@H](C1)C[C@@H]1C(=O)O[C@H](C)[C@H]1[C@H]2C=Cc1ccc(-c2cccc(F)c2)cn1. The number of cyclic esters (lactones) is 1. The van der Waals surface area contributed by atoms with Crippen LogP contribution in [0.15, 0.2) is 48.7 Å². The fourth-order valence-corrected chi connectivity index (χ4v) is 6.64. The van der Waals surface area contributed by atoms with Gasteiger partial charge in [-0.05, 0) is 87.1 Å². The zero-order valence-electron chi connectivity index (χ0n) is 20.7. The van der Waals surface area contributed by atoms with E-state index in [0.717, 1.165) is 42.5 Å². The molecule has 0 spiro atoms. The smallest absolute Gasteiger partial charge is 0.407 e. The predicted octanol–water partition coefficient (Wildman–Crippen LogP) is 5.63. The third-order valence-corrected chi connectivity index (χ3v) is 8.18. The molecule has 36 heavy (non-hydrogen) atoms. The largest absolute Gasteiger partial charge is 0.462 e. The number of aromatic nitrogens is 1. The van der Waals surface area contributed by atoms with Crippen molar-refractivity contribution in [2.24, 2.45) is 29.6 Å². The van der Waals surface area contributed by atoms with Crippen molar-refractivity contribution in [3.63, 3.8) is 0 Å². The van der Waals surface area contributed by atoms with E-state index in [2.05, 4.69) is 16.4 Å². The molecule has 1 N–H and O–H groups in total. The van der Waals surface area contributed by atoms with Gasteiger partial charge in [-0.3, -0.25) is 9.78 Å². The van der Waals surface area contributed by atoms with Gasteiger partial charge >= 0.3 is 12.1 Å². The molecule has 2 heterocycles. The lowest BCUT2D eigenvalue weighted by Crippen LogP contribution is -2.48. The fraction of sp³-hybridized carbons (Fsp3) is 0.483. The molecule has 7 atom stereocenters. The van der Waals surface area contributed by atoms with Crippen molar-refractivity contribution in [2.45, 2.75) is 51.7 Å². The van der Waals surface area contributed by atoms with E-state index >= 15 is 0 Å². The molecule has 1 aromatic carbocycles. The van der Waals surface area contributed by atoms with Crippen molar-refractivity contribution in [1.29, 1.82) is 0 Å². The minimum atomic E-state index is -0.368. The molecule has 190 valence electrons.